The van der Waals surface area contributed by atoms with Crippen molar-refractivity contribution in [2.75, 3.05) is 0 Å². The zero-order valence-corrected chi connectivity index (χ0v) is 40.0. The molecule has 5 heterocycles. The van der Waals surface area contributed by atoms with E-state index in [-0.39, 0.29) is 26.0 Å². The summed E-state index contributed by atoms with van der Waals surface area (Å²) in [6, 6.07) is 58.0. The Morgan fingerprint density at radius 1 is 0.683 bits per heavy atom. The van der Waals surface area contributed by atoms with Gasteiger partial charge in [0.05, 0.1) is 30.5 Å². The van der Waals surface area contributed by atoms with Crippen molar-refractivity contribution in [3.8, 4) is 39.5 Å². The monoisotopic (exact) mass is 1020 g/mol. The predicted molar refractivity (Wildman–Crippen MR) is 258 cm³/mol. The fourth-order valence-corrected chi connectivity index (χ4v) is 9.66. The molecule has 6 nitrogen and oxygen atoms in total. The van der Waals surface area contributed by atoms with Crippen LogP contribution in [-0.4, -0.2) is 32.6 Å². The molecule has 10 aromatic rings. The number of fused-ring (bicyclic) bond motifs is 4. The van der Waals surface area contributed by atoms with Gasteiger partial charge in [-0.15, -0.1) is 54.1 Å². The summed E-state index contributed by atoms with van der Waals surface area (Å²) in [7, 11) is -1.68. The molecule has 0 saturated heterocycles. The zero-order chi connectivity index (χ0) is 43.9. The Hall–Kier alpha value is -6.31. The Morgan fingerprint density at radius 2 is 1.43 bits per heavy atom. The number of pyridine rings is 3. The number of hydrogen-bond donors (Lipinski definition) is 0. The summed E-state index contributed by atoms with van der Waals surface area (Å²) in [6.45, 7) is 15.0. The van der Waals surface area contributed by atoms with Crippen LogP contribution in [0.15, 0.2) is 162 Å². The van der Waals surface area contributed by atoms with E-state index in [9.17, 15) is 1.37 Å². The van der Waals surface area contributed by atoms with Gasteiger partial charge in [0, 0.05) is 61.7 Å². The van der Waals surface area contributed by atoms with Gasteiger partial charge in [-0.05, 0) is 90.3 Å². The van der Waals surface area contributed by atoms with Crippen LogP contribution in [0, 0.1) is 26.0 Å². The molecule has 0 N–H and O–H groups in total. The number of benzene rings is 5. The first kappa shape index (κ1) is 42.0. The standard InChI is InChI=1S/C31H20N3O.C24H29N2Si.Ir/c1-20-17-18-25-24-13-8-14-26(29(24)35-31(25)32-20)30-33-27-15-5-6-16-28(27)34(30)23-12-7-11-22(19-23)21-9-3-2-4-10-21;1-17-11-10-14-22(26-17)19(3)18(2)21-15-23(20-12-8-7-9-13-20)25-16-24(21)27(4,5)6;/h2-13,15-19H,1H3;7-12,14-16,18-19H,1-6H3;/q2*-1;/i;18D;. The first-order valence-corrected chi connectivity index (χ1v) is 24.6. The van der Waals surface area contributed by atoms with Crippen molar-refractivity contribution in [1.82, 2.24) is 24.5 Å². The number of hydrogen-bond acceptors (Lipinski definition) is 5. The molecule has 10 rings (SSSR count). The summed E-state index contributed by atoms with van der Waals surface area (Å²) in [5.74, 6) is -0.0709. The van der Waals surface area contributed by atoms with Crippen molar-refractivity contribution in [3.05, 3.63) is 193 Å². The Morgan fingerprint density at radius 3 is 2.21 bits per heavy atom. The van der Waals surface area contributed by atoms with Crippen LogP contribution < -0.4 is 5.19 Å². The quantitative estimate of drug-likeness (QED) is 0.112. The first-order chi connectivity index (χ1) is 30.4. The fraction of sp³-hybridized carbons (Fsp3) is 0.164. The minimum absolute atomic E-state index is 0. The van der Waals surface area contributed by atoms with Gasteiger partial charge in [-0.2, -0.15) is 0 Å². The van der Waals surface area contributed by atoms with Crippen molar-refractivity contribution in [2.24, 2.45) is 0 Å². The predicted octanol–water partition coefficient (Wildman–Crippen LogP) is 13.5. The summed E-state index contributed by atoms with van der Waals surface area (Å²) in [4.78, 5) is 19.1. The van der Waals surface area contributed by atoms with Crippen LogP contribution in [0.2, 0.25) is 19.6 Å². The maximum atomic E-state index is 9.41. The first-order valence-electron chi connectivity index (χ1n) is 21.6. The smallest absolute Gasteiger partial charge is 0.216 e. The van der Waals surface area contributed by atoms with Gasteiger partial charge in [-0.25, -0.2) is 4.98 Å². The molecular weight excluding hydrogens is 967 g/mol. The third kappa shape index (κ3) is 8.85. The third-order valence-corrected chi connectivity index (χ3v) is 13.6. The van der Waals surface area contributed by atoms with Crippen LogP contribution in [0.5, 0.6) is 0 Å². The normalized spacial score (nSPS) is 13.2. The molecule has 1 radical (unpaired) electrons. The second-order valence-electron chi connectivity index (χ2n) is 16.9. The van der Waals surface area contributed by atoms with Gasteiger partial charge >= 0.3 is 0 Å². The van der Waals surface area contributed by atoms with E-state index in [1.54, 1.807) is 0 Å². The fourth-order valence-electron chi connectivity index (χ4n) is 8.13. The van der Waals surface area contributed by atoms with Crippen LogP contribution in [0.1, 0.15) is 49.7 Å². The molecule has 8 heteroatoms. The maximum Gasteiger partial charge on any atom is 0.216 e. The molecule has 0 aliphatic heterocycles. The van der Waals surface area contributed by atoms with E-state index < -0.39 is 14.0 Å². The largest absolute Gasteiger partial charge is 0.486 e. The second kappa shape index (κ2) is 18.2. The van der Waals surface area contributed by atoms with Gasteiger partial charge in [-0.3, -0.25) is 9.97 Å². The second-order valence-corrected chi connectivity index (χ2v) is 22.0. The molecule has 0 fully saturated rings. The molecule has 2 atom stereocenters. The van der Waals surface area contributed by atoms with Gasteiger partial charge < -0.3 is 14.0 Å². The number of rotatable bonds is 8. The molecule has 0 saturated carbocycles. The molecule has 5 aromatic heterocycles. The van der Waals surface area contributed by atoms with Gasteiger partial charge in [0.2, 0.25) is 5.71 Å². The minimum atomic E-state index is -1.68. The third-order valence-electron chi connectivity index (χ3n) is 11.6. The van der Waals surface area contributed by atoms with E-state index in [0.29, 0.717) is 5.71 Å². The van der Waals surface area contributed by atoms with Gasteiger partial charge in [0.25, 0.3) is 0 Å². The van der Waals surface area contributed by atoms with E-state index in [2.05, 4.69) is 115 Å². The number of aryl methyl sites for hydroxylation is 2. The Bertz CT molecular complexity index is 3250. The summed E-state index contributed by atoms with van der Waals surface area (Å²) in [5, 5.41) is 3.25. The molecule has 5 aromatic carbocycles. The average Bonchev–Trinajstić information content (AvgIpc) is 3.87. The summed E-state index contributed by atoms with van der Waals surface area (Å²) in [5.41, 5.74) is 13.3. The zero-order valence-electron chi connectivity index (χ0n) is 37.6. The van der Waals surface area contributed by atoms with Gasteiger partial charge in [0.1, 0.15) is 0 Å². The van der Waals surface area contributed by atoms with Crippen molar-refractivity contribution in [2.45, 2.75) is 59.1 Å². The maximum absolute atomic E-state index is 9.41. The summed E-state index contributed by atoms with van der Waals surface area (Å²) in [6.07, 6.45) is 2.00. The SMILES string of the molecule is Cc1ccc2c(n1)oc1c(-c3nc4ccccc4n3-c3cccc(-c4ccccc4)c3)[c-]ccc12.[2H]C(C)(c1cc(-c2[c-]cccc2)ncc1[Si](C)(C)C)C(C)c1cccc(C)n1.[Ir]. The Balaban J connectivity index is 0.000000177. The molecule has 2 unspecified atom stereocenters. The Labute approximate surface area is 385 Å². The van der Waals surface area contributed by atoms with Crippen molar-refractivity contribution in [1.29, 1.82) is 0 Å². The Kier molecular flexibility index (Phi) is 12.1. The summed E-state index contributed by atoms with van der Waals surface area (Å²) < 4.78 is 17.9. The number of aromatic nitrogens is 5. The van der Waals surface area contributed by atoms with Gasteiger partial charge in [-0.1, -0.05) is 117 Å². The molecule has 0 aliphatic carbocycles. The molecule has 0 aliphatic rings. The minimum Gasteiger partial charge on any atom is -0.486 e. The van der Waals surface area contributed by atoms with Crippen LogP contribution in [0.3, 0.4) is 0 Å². The topological polar surface area (TPSA) is 69.6 Å². The molecule has 0 amide bonds. The van der Waals surface area contributed by atoms with Crippen LogP contribution in [0.25, 0.3) is 72.6 Å². The van der Waals surface area contributed by atoms with Crippen LogP contribution in [-0.2, 0) is 20.1 Å². The van der Waals surface area contributed by atoms with E-state index in [0.717, 1.165) is 83.9 Å². The van der Waals surface area contributed by atoms with E-state index in [1.165, 1.54) is 10.8 Å². The average molecular weight is 1020 g/mol. The number of nitrogens with zero attached hydrogens (tertiary/aromatic N) is 5. The molecule has 315 valence electrons. The van der Waals surface area contributed by atoms with Gasteiger partial charge in [0.15, 0.2) is 0 Å². The van der Waals surface area contributed by atoms with E-state index >= 15 is 0 Å². The number of furan rings is 1. The van der Waals surface area contributed by atoms with Crippen molar-refractivity contribution in [3.63, 3.8) is 0 Å². The number of imidazole rings is 1. The number of para-hydroxylation sites is 2. The molecule has 63 heavy (non-hydrogen) atoms. The van der Waals surface area contributed by atoms with Crippen molar-refractivity contribution >= 4 is 46.4 Å². The van der Waals surface area contributed by atoms with Crippen molar-refractivity contribution < 1.29 is 25.9 Å². The van der Waals surface area contributed by atoms with E-state index in [1.807, 2.05) is 112 Å². The van der Waals surface area contributed by atoms with E-state index in [4.69, 9.17) is 19.4 Å². The van der Waals surface area contributed by atoms with Crippen LogP contribution in [0.4, 0.5) is 0 Å². The molecule has 0 bridgehead atoms. The summed E-state index contributed by atoms with van der Waals surface area (Å²) >= 11 is 0. The van der Waals surface area contributed by atoms with Crippen LogP contribution >= 0.6 is 0 Å². The molecule has 0 spiro atoms. The molecular formula is C55H49IrN5OSi-2.